The van der Waals surface area contributed by atoms with E-state index in [0.717, 1.165) is 18.4 Å². The molecular formula is C16H21NO5S. The number of carbonyl (C=O) groups excluding carboxylic acids is 3. The molecule has 0 radical (unpaired) electrons. The van der Waals surface area contributed by atoms with Crippen molar-refractivity contribution in [3.63, 3.8) is 0 Å². The van der Waals surface area contributed by atoms with Crippen LogP contribution in [0.3, 0.4) is 0 Å². The lowest BCUT2D eigenvalue weighted by molar-refractivity contribution is -0.147. The molecule has 1 amide bonds. The number of ether oxygens (including phenoxy) is 2. The first-order valence-corrected chi connectivity index (χ1v) is 8.68. The van der Waals surface area contributed by atoms with Gasteiger partial charge in [-0.15, -0.1) is 11.3 Å². The summed E-state index contributed by atoms with van der Waals surface area (Å²) in [6.45, 7) is 3.53. The summed E-state index contributed by atoms with van der Waals surface area (Å²) in [5.74, 6) is -0.907. The van der Waals surface area contributed by atoms with Crippen molar-refractivity contribution in [3.05, 3.63) is 16.5 Å². The molecule has 1 aromatic heterocycles. The van der Waals surface area contributed by atoms with E-state index in [4.69, 9.17) is 9.47 Å². The van der Waals surface area contributed by atoms with Crippen LogP contribution in [0.15, 0.2) is 5.38 Å². The lowest BCUT2D eigenvalue weighted by Crippen LogP contribution is -2.21. The van der Waals surface area contributed by atoms with Gasteiger partial charge >= 0.3 is 11.9 Å². The van der Waals surface area contributed by atoms with E-state index < -0.39 is 17.8 Å². The smallest absolute Gasteiger partial charge is 0.341 e. The Labute approximate surface area is 139 Å². The van der Waals surface area contributed by atoms with E-state index in [1.54, 1.807) is 6.92 Å². The van der Waals surface area contributed by atoms with E-state index in [2.05, 4.69) is 5.32 Å². The third-order valence-corrected chi connectivity index (χ3v) is 4.30. The number of hydrogen-bond acceptors (Lipinski definition) is 6. The lowest BCUT2D eigenvalue weighted by Gasteiger charge is -2.08. The average Bonchev–Trinajstić information content (AvgIpc) is 3.27. The van der Waals surface area contributed by atoms with Gasteiger partial charge in [0.05, 0.1) is 12.2 Å². The number of anilines is 1. The normalized spacial score (nSPS) is 13.5. The SMILES string of the molecule is CCCC(=O)OCC(=O)Nc1scc(C2CC2)c1C(=O)OCC. The fraction of sp³-hybridized carbons (Fsp3) is 0.562. The summed E-state index contributed by atoms with van der Waals surface area (Å²) in [6, 6.07) is 0. The number of rotatable bonds is 8. The minimum atomic E-state index is -0.454. The van der Waals surface area contributed by atoms with Crippen molar-refractivity contribution >= 4 is 34.2 Å². The second-order valence-electron chi connectivity index (χ2n) is 5.35. The fourth-order valence-electron chi connectivity index (χ4n) is 2.16. The molecule has 0 saturated heterocycles. The summed E-state index contributed by atoms with van der Waals surface area (Å²) in [6.07, 6.45) is 3.05. The Morgan fingerprint density at radius 2 is 2.00 bits per heavy atom. The van der Waals surface area contributed by atoms with Gasteiger partial charge < -0.3 is 14.8 Å². The molecule has 0 bridgehead atoms. The van der Waals surface area contributed by atoms with E-state index in [-0.39, 0.29) is 19.6 Å². The molecule has 0 aromatic carbocycles. The maximum absolute atomic E-state index is 12.2. The largest absolute Gasteiger partial charge is 0.462 e. The molecule has 0 aliphatic heterocycles. The van der Waals surface area contributed by atoms with Crippen LogP contribution in [0, 0.1) is 0 Å². The van der Waals surface area contributed by atoms with Crippen molar-refractivity contribution in [1.29, 1.82) is 0 Å². The highest BCUT2D eigenvalue weighted by Crippen LogP contribution is 2.46. The van der Waals surface area contributed by atoms with Crippen molar-refractivity contribution in [2.45, 2.75) is 45.4 Å². The van der Waals surface area contributed by atoms with E-state index >= 15 is 0 Å². The number of esters is 2. The Kier molecular flexibility index (Phi) is 6.15. The first-order valence-electron chi connectivity index (χ1n) is 7.80. The molecule has 1 aliphatic rings. The van der Waals surface area contributed by atoms with Crippen LogP contribution >= 0.6 is 11.3 Å². The van der Waals surface area contributed by atoms with Gasteiger partial charge in [-0.05, 0) is 43.0 Å². The molecular weight excluding hydrogens is 318 g/mol. The standard InChI is InChI=1S/C16H21NO5S/c1-3-5-13(19)22-8-12(18)17-15-14(16(20)21-4-2)11(9-23-15)10-6-7-10/h9-10H,3-8H2,1-2H3,(H,17,18). The highest BCUT2D eigenvalue weighted by Gasteiger charge is 2.32. The third kappa shape index (κ3) is 4.79. The molecule has 6 nitrogen and oxygen atoms in total. The van der Waals surface area contributed by atoms with Gasteiger partial charge in [-0.1, -0.05) is 6.92 Å². The first-order chi connectivity index (χ1) is 11.1. The van der Waals surface area contributed by atoms with Crippen molar-refractivity contribution in [1.82, 2.24) is 0 Å². The maximum Gasteiger partial charge on any atom is 0.341 e. The summed E-state index contributed by atoms with van der Waals surface area (Å²) in [5, 5.41) is 5.00. The number of nitrogens with one attached hydrogen (secondary N) is 1. The summed E-state index contributed by atoms with van der Waals surface area (Å²) in [4.78, 5) is 35.4. The number of amides is 1. The van der Waals surface area contributed by atoms with Crippen LogP contribution in [0.2, 0.25) is 0 Å². The first kappa shape index (κ1) is 17.5. The number of thiophene rings is 1. The lowest BCUT2D eigenvalue weighted by atomic mass is 10.1. The molecule has 7 heteroatoms. The molecule has 1 fully saturated rings. The molecule has 1 heterocycles. The second-order valence-corrected chi connectivity index (χ2v) is 6.23. The molecule has 1 saturated carbocycles. The minimum Gasteiger partial charge on any atom is -0.462 e. The van der Waals surface area contributed by atoms with Crippen molar-refractivity contribution < 1.29 is 23.9 Å². The van der Waals surface area contributed by atoms with E-state index in [1.807, 2.05) is 12.3 Å². The van der Waals surface area contributed by atoms with Crippen LogP contribution in [0.5, 0.6) is 0 Å². The Morgan fingerprint density at radius 1 is 1.26 bits per heavy atom. The maximum atomic E-state index is 12.2. The van der Waals surface area contributed by atoms with E-state index in [0.29, 0.717) is 22.9 Å². The van der Waals surface area contributed by atoms with Gasteiger partial charge in [0.25, 0.3) is 5.91 Å². The molecule has 23 heavy (non-hydrogen) atoms. The fourth-order valence-corrected chi connectivity index (χ4v) is 3.20. The van der Waals surface area contributed by atoms with Crippen LogP contribution < -0.4 is 5.32 Å². The molecule has 2 rings (SSSR count). The van der Waals surface area contributed by atoms with Crippen LogP contribution in [0.25, 0.3) is 0 Å². The third-order valence-electron chi connectivity index (χ3n) is 3.39. The highest BCUT2D eigenvalue weighted by molar-refractivity contribution is 7.15. The minimum absolute atomic E-state index is 0.279. The molecule has 0 spiro atoms. The zero-order chi connectivity index (χ0) is 16.8. The van der Waals surface area contributed by atoms with Crippen LogP contribution in [-0.4, -0.2) is 31.1 Å². The van der Waals surface area contributed by atoms with Crippen molar-refractivity contribution in [2.24, 2.45) is 0 Å². The number of hydrogen-bond donors (Lipinski definition) is 1. The zero-order valence-corrected chi connectivity index (χ0v) is 14.2. The highest BCUT2D eigenvalue weighted by atomic mass is 32.1. The van der Waals surface area contributed by atoms with Gasteiger partial charge in [0.2, 0.25) is 0 Å². The summed E-state index contributed by atoms with van der Waals surface area (Å²) >= 11 is 1.30. The summed E-state index contributed by atoms with van der Waals surface area (Å²) in [7, 11) is 0. The Morgan fingerprint density at radius 3 is 2.61 bits per heavy atom. The van der Waals surface area contributed by atoms with Crippen molar-refractivity contribution in [3.8, 4) is 0 Å². The average molecular weight is 339 g/mol. The zero-order valence-electron chi connectivity index (χ0n) is 13.3. The van der Waals surface area contributed by atoms with Crippen LogP contribution in [0.4, 0.5) is 5.00 Å². The topological polar surface area (TPSA) is 81.7 Å². The molecule has 1 N–H and O–H groups in total. The Balaban J connectivity index is 2.02. The quantitative estimate of drug-likeness (QED) is 0.736. The Hall–Kier alpha value is -1.89. The van der Waals surface area contributed by atoms with Gasteiger partial charge in [0.1, 0.15) is 5.00 Å². The molecule has 1 aliphatic carbocycles. The second kappa shape index (κ2) is 8.10. The van der Waals surface area contributed by atoms with Crippen LogP contribution in [-0.2, 0) is 19.1 Å². The molecule has 0 atom stereocenters. The van der Waals surface area contributed by atoms with Crippen molar-refractivity contribution in [2.75, 3.05) is 18.5 Å². The summed E-state index contributed by atoms with van der Waals surface area (Å²) in [5.41, 5.74) is 1.37. The molecule has 1 aromatic rings. The number of carbonyl (C=O) groups is 3. The van der Waals surface area contributed by atoms with Gasteiger partial charge in [-0.3, -0.25) is 9.59 Å². The molecule has 126 valence electrons. The van der Waals surface area contributed by atoms with E-state index in [9.17, 15) is 14.4 Å². The van der Waals surface area contributed by atoms with Gasteiger partial charge in [0.15, 0.2) is 6.61 Å². The van der Waals surface area contributed by atoms with Crippen LogP contribution in [0.1, 0.15) is 61.4 Å². The summed E-state index contributed by atoms with van der Waals surface area (Å²) < 4.78 is 9.96. The van der Waals surface area contributed by atoms with Gasteiger partial charge in [-0.25, -0.2) is 4.79 Å². The monoisotopic (exact) mass is 339 g/mol. The van der Waals surface area contributed by atoms with E-state index in [1.165, 1.54) is 11.3 Å². The Bertz CT molecular complexity index is 591. The predicted octanol–water partition coefficient (Wildman–Crippen LogP) is 3.08. The van der Waals surface area contributed by atoms with Gasteiger partial charge in [0, 0.05) is 6.42 Å². The predicted molar refractivity (Wildman–Crippen MR) is 86.7 cm³/mol. The van der Waals surface area contributed by atoms with Gasteiger partial charge in [-0.2, -0.15) is 0 Å². The molecule has 0 unspecified atom stereocenters.